The van der Waals surface area contributed by atoms with Gasteiger partial charge in [0.1, 0.15) is 0 Å². The van der Waals surface area contributed by atoms with Crippen molar-refractivity contribution in [2.45, 2.75) is 25.8 Å². The molecule has 0 aliphatic carbocycles. The highest BCUT2D eigenvalue weighted by molar-refractivity contribution is 7.08. The van der Waals surface area contributed by atoms with E-state index in [1.807, 2.05) is 0 Å². The molecule has 0 saturated heterocycles. The van der Waals surface area contributed by atoms with Crippen molar-refractivity contribution in [1.82, 2.24) is 0 Å². The van der Waals surface area contributed by atoms with Crippen LogP contribution in [0.5, 0.6) is 0 Å². The number of hydrogen-bond acceptors (Lipinski definition) is 2. The first-order chi connectivity index (χ1) is 7.68. The highest BCUT2D eigenvalue weighted by Crippen LogP contribution is 2.23. The quantitative estimate of drug-likeness (QED) is 0.851. The second-order valence-corrected chi connectivity index (χ2v) is 5.14. The number of nitrogens with two attached hydrogens (primary N) is 1. The average Bonchev–Trinajstić information content (AvgIpc) is 2.81. The largest absolute Gasteiger partial charge is 0.320 e. The molecule has 0 amide bonds. The normalized spacial score (nSPS) is 13.0. The Morgan fingerprint density at radius 1 is 0.938 bits per heavy atom. The molecule has 84 valence electrons. The van der Waals surface area contributed by atoms with Gasteiger partial charge in [-0.2, -0.15) is 11.3 Å². The monoisotopic (exact) mass is 231 g/mol. The van der Waals surface area contributed by atoms with Gasteiger partial charge in [-0.25, -0.2) is 0 Å². The Hall–Kier alpha value is -1.12. The van der Waals surface area contributed by atoms with Gasteiger partial charge in [-0.3, -0.25) is 0 Å². The van der Waals surface area contributed by atoms with E-state index in [0.29, 0.717) is 5.92 Å². The molecule has 0 aliphatic rings. The fourth-order valence-electron chi connectivity index (χ4n) is 1.73. The Kier molecular flexibility index (Phi) is 3.42. The number of thiophene rings is 1. The van der Waals surface area contributed by atoms with Crippen LogP contribution in [0.1, 0.15) is 42.5 Å². The topological polar surface area (TPSA) is 26.0 Å². The maximum atomic E-state index is 6.19. The fraction of sp³-hybridized carbons (Fsp3) is 0.286. The van der Waals surface area contributed by atoms with Crippen LogP contribution in [-0.2, 0) is 0 Å². The van der Waals surface area contributed by atoms with Crippen molar-refractivity contribution < 1.29 is 0 Å². The predicted octanol–water partition coefficient (Wildman–Crippen LogP) is 3.92. The Labute approximate surface area is 101 Å². The van der Waals surface area contributed by atoms with E-state index in [-0.39, 0.29) is 6.04 Å². The van der Waals surface area contributed by atoms with E-state index in [9.17, 15) is 0 Å². The van der Waals surface area contributed by atoms with Crippen LogP contribution < -0.4 is 5.73 Å². The fourth-order valence-corrected chi connectivity index (χ4v) is 2.43. The summed E-state index contributed by atoms with van der Waals surface area (Å²) in [5.41, 5.74) is 9.94. The molecule has 16 heavy (non-hydrogen) atoms. The van der Waals surface area contributed by atoms with E-state index in [4.69, 9.17) is 5.73 Å². The van der Waals surface area contributed by atoms with E-state index < -0.39 is 0 Å². The van der Waals surface area contributed by atoms with Crippen LogP contribution >= 0.6 is 11.3 Å². The molecule has 0 radical (unpaired) electrons. The number of hydrogen-bond donors (Lipinski definition) is 1. The molecule has 1 aromatic carbocycles. The Morgan fingerprint density at radius 2 is 1.56 bits per heavy atom. The van der Waals surface area contributed by atoms with Gasteiger partial charge in [-0.05, 0) is 39.4 Å². The minimum atomic E-state index is 0.00691. The Balaban J connectivity index is 2.22. The zero-order valence-electron chi connectivity index (χ0n) is 9.68. The van der Waals surface area contributed by atoms with Gasteiger partial charge in [0.25, 0.3) is 0 Å². The van der Waals surface area contributed by atoms with Crippen LogP contribution in [0.15, 0.2) is 41.1 Å². The summed E-state index contributed by atoms with van der Waals surface area (Å²) in [4.78, 5) is 0. The van der Waals surface area contributed by atoms with Crippen LogP contribution in [0, 0.1) is 0 Å². The summed E-state index contributed by atoms with van der Waals surface area (Å²) in [6.07, 6.45) is 0. The van der Waals surface area contributed by atoms with Gasteiger partial charge in [-0.15, -0.1) is 0 Å². The van der Waals surface area contributed by atoms with Crippen molar-refractivity contribution in [3.63, 3.8) is 0 Å². The van der Waals surface area contributed by atoms with Crippen LogP contribution in [-0.4, -0.2) is 0 Å². The molecule has 0 unspecified atom stereocenters. The van der Waals surface area contributed by atoms with E-state index >= 15 is 0 Å². The van der Waals surface area contributed by atoms with Gasteiger partial charge in [0.15, 0.2) is 0 Å². The smallest absolute Gasteiger partial charge is 0.0559 e. The number of rotatable bonds is 3. The van der Waals surface area contributed by atoms with Crippen LogP contribution in [0.25, 0.3) is 0 Å². The lowest BCUT2D eigenvalue weighted by atomic mass is 9.97. The summed E-state index contributed by atoms with van der Waals surface area (Å²) in [7, 11) is 0. The lowest BCUT2D eigenvalue weighted by Crippen LogP contribution is -2.10. The van der Waals surface area contributed by atoms with Gasteiger partial charge in [0.05, 0.1) is 6.04 Å². The van der Waals surface area contributed by atoms with E-state index in [1.165, 1.54) is 16.7 Å². The molecule has 1 aromatic heterocycles. The maximum absolute atomic E-state index is 6.19. The highest BCUT2D eigenvalue weighted by atomic mass is 32.1. The SMILES string of the molecule is CC(C)c1ccc([C@H](N)c2ccsc2)cc1. The summed E-state index contributed by atoms with van der Waals surface area (Å²) in [5, 5.41) is 4.18. The van der Waals surface area contributed by atoms with Gasteiger partial charge in [-0.1, -0.05) is 38.1 Å². The third kappa shape index (κ3) is 2.34. The van der Waals surface area contributed by atoms with E-state index in [0.717, 1.165) is 0 Å². The second-order valence-electron chi connectivity index (χ2n) is 4.36. The molecule has 0 aliphatic heterocycles. The molecule has 1 nitrogen and oxygen atoms in total. The number of benzene rings is 1. The first-order valence-electron chi connectivity index (χ1n) is 5.56. The average molecular weight is 231 g/mol. The van der Waals surface area contributed by atoms with Crippen LogP contribution in [0.2, 0.25) is 0 Å². The van der Waals surface area contributed by atoms with Crippen molar-refractivity contribution in [1.29, 1.82) is 0 Å². The summed E-state index contributed by atoms with van der Waals surface area (Å²) >= 11 is 1.69. The summed E-state index contributed by atoms with van der Waals surface area (Å²) in [5.74, 6) is 0.575. The molecule has 2 rings (SSSR count). The molecule has 0 saturated carbocycles. The molecular weight excluding hydrogens is 214 g/mol. The van der Waals surface area contributed by atoms with Crippen LogP contribution in [0.4, 0.5) is 0 Å². The standard InChI is InChI=1S/C14H17NS/c1-10(2)11-3-5-12(6-4-11)14(15)13-7-8-16-9-13/h3-10,14H,15H2,1-2H3/t14-/m0/s1. The molecule has 0 spiro atoms. The summed E-state index contributed by atoms with van der Waals surface area (Å²) < 4.78 is 0. The first-order valence-corrected chi connectivity index (χ1v) is 6.50. The van der Waals surface area contributed by atoms with Gasteiger partial charge < -0.3 is 5.73 Å². The van der Waals surface area contributed by atoms with Crippen LogP contribution in [0.3, 0.4) is 0 Å². The minimum absolute atomic E-state index is 0.00691. The second kappa shape index (κ2) is 4.81. The zero-order valence-corrected chi connectivity index (χ0v) is 10.5. The van der Waals surface area contributed by atoms with Gasteiger partial charge in [0, 0.05) is 0 Å². The van der Waals surface area contributed by atoms with E-state index in [2.05, 4.69) is 54.9 Å². The van der Waals surface area contributed by atoms with Crippen molar-refractivity contribution in [3.8, 4) is 0 Å². The minimum Gasteiger partial charge on any atom is -0.320 e. The molecule has 0 fully saturated rings. The molecule has 1 atom stereocenters. The zero-order chi connectivity index (χ0) is 11.5. The van der Waals surface area contributed by atoms with Crippen molar-refractivity contribution >= 4 is 11.3 Å². The molecule has 2 aromatic rings. The van der Waals surface area contributed by atoms with E-state index in [1.54, 1.807) is 11.3 Å². The van der Waals surface area contributed by atoms with Gasteiger partial charge in [0.2, 0.25) is 0 Å². The first kappa shape index (κ1) is 11.4. The third-order valence-electron chi connectivity index (χ3n) is 2.86. The summed E-state index contributed by atoms with van der Waals surface area (Å²) in [6.45, 7) is 4.40. The lowest BCUT2D eigenvalue weighted by molar-refractivity contribution is 0.849. The van der Waals surface area contributed by atoms with Crippen molar-refractivity contribution in [2.75, 3.05) is 0 Å². The highest BCUT2D eigenvalue weighted by Gasteiger charge is 2.09. The predicted molar refractivity (Wildman–Crippen MR) is 70.9 cm³/mol. The summed E-state index contributed by atoms with van der Waals surface area (Å²) in [6, 6.07) is 10.7. The Bertz CT molecular complexity index is 428. The molecule has 2 heteroatoms. The molecular formula is C14H17NS. The Morgan fingerprint density at radius 3 is 2.06 bits per heavy atom. The van der Waals surface area contributed by atoms with Gasteiger partial charge >= 0.3 is 0 Å². The van der Waals surface area contributed by atoms with Crippen molar-refractivity contribution in [3.05, 3.63) is 57.8 Å². The van der Waals surface area contributed by atoms with Crippen molar-refractivity contribution in [2.24, 2.45) is 5.73 Å². The maximum Gasteiger partial charge on any atom is 0.0559 e. The third-order valence-corrected chi connectivity index (χ3v) is 3.57. The molecule has 2 N–H and O–H groups in total. The lowest BCUT2D eigenvalue weighted by Gasteiger charge is -2.12. The molecule has 1 heterocycles. The molecule has 0 bridgehead atoms.